The highest BCUT2D eigenvalue weighted by Crippen LogP contribution is 2.35. The molecular weight excluding hydrogens is 296 g/mol. The molecule has 2 heterocycles. The first-order valence-electron chi connectivity index (χ1n) is 7.66. The molecule has 0 aliphatic carbocycles. The molecule has 0 bridgehead atoms. The summed E-state index contributed by atoms with van der Waals surface area (Å²) in [6.07, 6.45) is 0.496. The van der Waals surface area contributed by atoms with Crippen LogP contribution in [-0.4, -0.2) is 9.13 Å². The van der Waals surface area contributed by atoms with Gasteiger partial charge in [0.05, 0.1) is 5.56 Å². The summed E-state index contributed by atoms with van der Waals surface area (Å²) in [5.41, 5.74) is 3.03. The topological polar surface area (TPSA) is 36.2 Å². The first-order chi connectivity index (χ1) is 10.6. The Morgan fingerprint density at radius 3 is 2.41 bits per heavy atom. The molecule has 3 rings (SSSR count). The second-order valence-corrected chi connectivity index (χ2v) is 5.95. The average Bonchev–Trinajstić information content (AvgIpc) is 2.94. The molecule has 22 heavy (non-hydrogen) atoms. The van der Waals surface area contributed by atoms with Crippen molar-refractivity contribution >= 4 is 12.2 Å². The van der Waals surface area contributed by atoms with E-state index < -0.39 is 0 Å². The van der Waals surface area contributed by atoms with Crippen LogP contribution in [0.2, 0.25) is 0 Å². The number of hydrogen-bond acceptors (Lipinski definition) is 3. The minimum atomic E-state index is -0.108. The lowest BCUT2D eigenvalue weighted by atomic mass is 10.0. The van der Waals surface area contributed by atoms with Crippen molar-refractivity contribution < 1.29 is 4.74 Å². The molecule has 2 aromatic rings. The van der Waals surface area contributed by atoms with Crippen LogP contribution in [0, 0.1) is 11.7 Å². The standard InChI is InChI=1S/C17H20N2O2S/c1-4-18-15(20)13-10-14(12-8-6-11(3)7-9-12)21-16(13)19(5-2)17(18)22/h6-9,14H,4-5,10H2,1-3H3. The van der Waals surface area contributed by atoms with Gasteiger partial charge in [0.25, 0.3) is 5.56 Å². The third-order valence-electron chi connectivity index (χ3n) is 4.19. The van der Waals surface area contributed by atoms with E-state index in [1.54, 1.807) is 4.57 Å². The summed E-state index contributed by atoms with van der Waals surface area (Å²) in [6, 6.07) is 8.26. The fourth-order valence-electron chi connectivity index (χ4n) is 2.93. The number of aromatic nitrogens is 2. The Morgan fingerprint density at radius 1 is 1.18 bits per heavy atom. The van der Waals surface area contributed by atoms with Gasteiger partial charge >= 0.3 is 0 Å². The zero-order valence-electron chi connectivity index (χ0n) is 13.1. The Hall–Kier alpha value is -1.88. The Morgan fingerprint density at radius 2 is 1.82 bits per heavy atom. The van der Waals surface area contributed by atoms with Crippen molar-refractivity contribution in [3.63, 3.8) is 0 Å². The fourth-order valence-corrected chi connectivity index (χ4v) is 3.36. The molecule has 0 radical (unpaired) electrons. The maximum absolute atomic E-state index is 12.6. The minimum absolute atomic E-state index is 0.0122. The number of rotatable bonds is 3. The van der Waals surface area contributed by atoms with Crippen molar-refractivity contribution in [3.8, 4) is 5.88 Å². The largest absolute Gasteiger partial charge is 0.470 e. The van der Waals surface area contributed by atoms with Crippen molar-refractivity contribution in [1.29, 1.82) is 0 Å². The monoisotopic (exact) mass is 316 g/mol. The van der Waals surface area contributed by atoms with Crippen LogP contribution in [-0.2, 0) is 19.5 Å². The first-order valence-corrected chi connectivity index (χ1v) is 8.07. The van der Waals surface area contributed by atoms with E-state index in [1.165, 1.54) is 5.56 Å². The highest BCUT2D eigenvalue weighted by molar-refractivity contribution is 7.71. The van der Waals surface area contributed by atoms with E-state index in [0.29, 0.717) is 30.2 Å². The lowest BCUT2D eigenvalue weighted by Crippen LogP contribution is -2.26. The smallest absolute Gasteiger partial charge is 0.261 e. The van der Waals surface area contributed by atoms with Crippen molar-refractivity contribution in [2.75, 3.05) is 0 Å². The van der Waals surface area contributed by atoms with Crippen molar-refractivity contribution in [1.82, 2.24) is 9.13 Å². The number of aryl methyl sites for hydroxylation is 1. The van der Waals surface area contributed by atoms with E-state index in [9.17, 15) is 4.79 Å². The van der Waals surface area contributed by atoms with Crippen LogP contribution in [0.15, 0.2) is 29.1 Å². The van der Waals surface area contributed by atoms with Crippen LogP contribution in [0.1, 0.15) is 36.6 Å². The maximum atomic E-state index is 12.6. The van der Waals surface area contributed by atoms with Gasteiger partial charge < -0.3 is 4.74 Å². The summed E-state index contributed by atoms with van der Waals surface area (Å²) in [6.45, 7) is 7.30. The molecule has 1 aromatic heterocycles. The van der Waals surface area contributed by atoms with Crippen molar-refractivity contribution in [2.45, 2.75) is 46.4 Å². The molecule has 0 amide bonds. The van der Waals surface area contributed by atoms with E-state index >= 15 is 0 Å². The van der Waals surface area contributed by atoms with Gasteiger partial charge in [-0.1, -0.05) is 29.8 Å². The van der Waals surface area contributed by atoms with Crippen LogP contribution in [0.3, 0.4) is 0 Å². The Balaban J connectivity index is 2.09. The number of nitrogens with zero attached hydrogens (tertiary/aromatic N) is 2. The number of fused-ring (bicyclic) bond motifs is 1. The Bertz CT molecular complexity index is 818. The highest BCUT2D eigenvalue weighted by atomic mass is 32.1. The molecule has 0 N–H and O–H groups in total. The minimum Gasteiger partial charge on any atom is -0.470 e. The van der Waals surface area contributed by atoms with Crippen LogP contribution in [0.4, 0.5) is 0 Å². The van der Waals surface area contributed by atoms with Crippen molar-refractivity contribution in [2.24, 2.45) is 0 Å². The van der Waals surface area contributed by atoms with Gasteiger partial charge in [0.15, 0.2) is 4.77 Å². The summed E-state index contributed by atoms with van der Waals surface area (Å²) >= 11 is 5.44. The van der Waals surface area contributed by atoms with Crippen LogP contribution in [0.5, 0.6) is 5.88 Å². The van der Waals surface area contributed by atoms with Gasteiger partial charge in [-0.15, -0.1) is 0 Å². The van der Waals surface area contributed by atoms with Crippen LogP contribution in [0.25, 0.3) is 0 Å². The van der Waals surface area contributed by atoms with E-state index in [1.807, 2.05) is 18.4 Å². The zero-order valence-corrected chi connectivity index (χ0v) is 13.9. The third-order valence-corrected chi connectivity index (χ3v) is 4.63. The second-order valence-electron chi connectivity index (χ2n) is 5.58. The number of ether oxygens (including phenoxy) is 1. The predicted octanol–water partition coefficient (Wildman–Crippen LogP) is 3.40. The fraction of sp³-hybridized carbons (Fsp3) is 0.412. The Kier molecular flexibility index (Phi) is 3.91. The SMILES string of the molecule is CCn1c2c(c(=O)n(CC)c1=S)CC(c1ccc(C)cc1)O2. The molecule has 0 saturated heterocycles. The van der Waals surface area contributed by atoms with Gasteiger partial charge in [0, 0.05) is 19.5 Å². The second kappa shape index (κ2) is 5.72. The molecule has 0 saturated carbocycles. The van der Waals surface area contributed by atoms with Crippen molar-refractivity contribution in [3.05, 3.63) is 56.1 Å². The van der Waals surface area contributed by atoms with Gasteiger partial charge in [0.1, 0.15) is 6.10 Å². The molecule has 1 atom stereocenters. The summed E-state index contributed by atoms with van der Waals surface area (Å²) < 4.78 is 10.2. The molecule has 1 aliphatic rings. The predicted molar refractivity (Wildman–Crippen MR) is 89.1 cm³/mol. The first kappa shape index (κ1) is 15.0. The van der Waals surface area contributed by atoms with Crippen LogP contribution >= 0.6 is 12.2 Å². The van der Waals surface area contributed by atoms with E-state index in [-0.39, 0.29) is 11.7 Å². The molecule has 4 nitrogen and oxygen atoms in total. The van der Waals surface area contributed by atoms with Gasteiger partial charge in [-0.3, -0.25) is 13.9 Å². The number of benzene rings is 1. The quantitative estimate of drug-likeness (QED) is 0.814. The zero-order chi connectivity index (χ0) is 15.9. The Labute approximate surface area is 135 Å². The summed E-state index contributed by atoms with van der Waals surface area (Å²) in [4.78, 5) is 12.6. The molecule has 0 spiro atoms. The normalized spacial score (nSPS) is 16.4. The van der Waals surface area contributed by atoms with Gasteiger partial charge in [0.2, 0.25) is 5.88 Å². The maximum Gasteiger partial charge on any atom is 0.261 e. The molecule has 1 unspecified atom stereocenters. The molecule has 5 heteroatoms. The van der Waals surface area contributed by atoms with Gasteiger partial charge in [-0.2, -0.15) is 0 Å². The molecule has 116 valence electrons. The number of hydrogen-bond donors (Lipinski definition) is 0. The molecule has 1 aromatic carbocycles. The van der Waals surface area contributed by atoms with Gasteiger partial charge in [-0.05, 0) is 38.6 Å². The molecule has 0 fully saturated rings. The van der Waals surface area contributed by atoms with E-state index in [0.717, 1.165) is 11.1 Å². The van der Waals surface area contributed by atoms with Crippen LogP contribution < -0.4 is 10.3 Å². The van der Waals surface area contributed by atoms with E-state index in [2.05, 4.69) is 31.2 Å². The highest BCUT2D eigenvalue weighted by Gasteiger charge is 2.30. The lowest BCUT2D eigenvalue weighted by molar-refractivity contribution is 0.219. The molecule has 1 aliphatic heterocycles. The summed E-state index contributed by atoms with van der Waals surface area (Å²) in [5, 5.41) is 0. The van der Waals surface area contributed by atoms with Gasteiger partial charge in [-0.25, -0.2) is 0 Å². The summed E-state index contributed by atoms with van der Waals surface area (Å²) in [7, 11) is 0. The van der Waals surface area contributed by atoms with E-state index in [4.69, 9.17) is 17.0 Å². The average molecular weight is 316 g/mol. The summed E-state index contributed by atoms with van der Waals surface area (Å²) in [5.74, 6) is 0.646. The third kappa shape index (κ3) is 2.29. The lowest BCUT2D eigenvalue weighted by Gasteiger charge is -2.15. The molecular formula is C17H20N2O2S.